The van der Waals surface area contributed by atoms with Crippen LogP contribution in [0.1, 0.15) is 74.9 Å². The largest absolute Gasteiger partial charge is 0.376 e. The van der Waals surface area contributed by atoms with Crippen LogP contribution < -0.4 is 0 Å². The van der Waals surface area contributed by atoms with Gasteiger partial charge in [-0.2, -0.15) is 5.26 Å². The van der Waals surface area contributed by atoms with Crippen LogP contribution in [0.3, 0.4) is 0 Å². The number of aliphatic hydroxyl groups is 1. The maximum atomic E-state index is 12.9. The molecule has 0 aromatic heterocycles. The number of rotatable bonds is 2. The fourth-order valence-electron chi connectivity index (χ4n) is 5.35. The zero-order valence-corrected chi connectivity index (χ0v) is 23.9. The molecule has 186 valence electrons. The predicted octanol–water partition coefficient (Wildman–Crippen LogP) is 8.85. The molecule has 1 unspecified atom stereocenters. The van der Waals surface area contributed by atoms with E-state index in [1.54, 1.807) is 0 Å². The monoisotopic (exact) mass is 549 g/mol. The molecule has 0 amide bonds. The van der Waals surface area contributed by atoms with Crippen molar-refractivity contribution in [2.45, 2.75) is 58.0 Å². The van der Waals surface area contributed by atoms with Gasteiger partial charge in [0.1, 0.15) is 5.60 Å². The van der Waals surface area contributed by atoms with E-state index in [0.717, 1.165) is 49.0 Å². The third-order valence-electron chi connectivity index (χ3n) is 7.54. The zero-order chi connectivity index (χ0) is 26.8. The van der Waals surface area contributed by atoms with E-state index in [1.807, 2.05) is 36.4 Å². The van der Waals surface area contributed by atoms with Gasteiger partial charge >= 0.3 is 0 Å². The molecule has 0 spiro atoms. The lowest BCUT2D eigenvalue weighted by Crippen LogP contribution is -2.28. The second-order valence-corrected chi connectivity index (χ2v) is 13.0. The predicted molar refractivity (Wildman–Crippen MR) is 156 cm³/mol. The Hall–Kier alpha value is -3.19. The van der Waals surface area contributed by atoms with Gasteiger partial charge in [-0.05, 0) is 68.5 Å². The van der Waals surface area contributed by atoms with Crippen molar-refractivity contribution in [3.63, 3.8) is 0 Å². The molecule has 0 fully saturated rings. The molecule has 5 rings (SSSR count). The minimum absolute atomic E-state index is 0.0545. The van der Waals surface area contributed by atoms with Crippen LogP contribution in [-0.4, -0.2) is 5.11 Å². The lowest BCUT2D eigenvalue weighted by atomic mass is 9.76. The third-order valence-corrected chi connectivity index (χ3v) is 8.03. The Balaban J connectivity index is 1.85. The van der Waals surface area contributed by atoms with Gasteiger partial charge in [0.05, 0.1) is 11.6 Å². The minimum atomic E-state index is -1.42. The SMILES string of the molecule is CC(C)(C)c1ccc(-c2ccc(C(C)(C)C)cc2C2(O)c3cc(Br)ccc3-c3ccc(C#N)cc32)cc1. The lowest BCUT2D eigenvalue weighted by Gasteiger charge is -2.31. The van der Waals surface area contributed by atoms with Gasteiger partial charge in [-0.15, -0.1) is 0 Å². The zero-order valence-electron chi connectivity index (χ0n) is 22.3. The molecule has 2 nitrogen and oxygen atoms in total. The van der Waals surface area contributed by atoms with Crippen LogP contribution in [0.15, 0.2) is 83.3 Å². The summed E-state index contributed by atoms with van der Waals surface area (Å²) in [5.41, 5.74) is 7.87. The van der Waals surface area contributed by atoms with Crippen LogP contribution in [0.25, 0.3) is 22.3 Å². The van der Waals surface area contributed by atoms with Crippen molar-refractivity contribution in [3.05, 3.63) is 117 Å². The molecule has 0 heterocycles. The van der Waals surface area contributed by atoms with Crippen molar-refractivity contribution >= 4 is 15.9 Å². The molecule has 1 aliphatic rings. The van der Waals surface area contributed by atoms with Crippen molar-refractivity contribution < 1.29 is 5.11 Å². The first-order chi connectivity index (χ1) is 17.3. The van der Waals surface area contributed by atoms with E-state index in [4.69, 9.17) is 0 Å². The summed E-state index contributed by atoms with van der Waals surface area (Å²) in [4.78, 5) is 0. The number of nitrogens with zero attached hydrogens (tertiary/aromatic N) is 1. The molecular formula is C34H32BrNO. The van der Waals surface area contributed by atoms with Crippen LogP contribution in [0.2, 0.25) is 0 Å². The molecule has 0 bridgehead atoms. The van der Waals surface area contributed by atoms with Gasteiger partial charge in [-0.1, -0.05) is 112 Å². The van der Waals surface area contributed by atoms with Crippen LogP contribution in [0.5, 0.6) is 0 Å². The number of benzene rings is 4. The topological polar surface area (TPSA) is 44.0 Å². The van der Waals surface area contributed by atoms with E-state index in [-0.39, 0.29) is 10.8 Å². The van der Waals surface area contributed by atoms with Crippen LogP contribution >= 0.6 is 15.9 Å². The highest BCUT2D eigenvalue weighted by atomic mass is 79.9. The van der Waals surface area contributed by atoms with Gasteiger partial charge < -0.3 is 5.11 Å². The number of nitriles is 1. The van der Waals surface area contributed by atoms with E-state index >= 15 is 0 Å². The summed E-state index contributed by atoms with van der Waals surface area (Å²) in [6.07, 6.45) is 0. The average Bonchev–Trinajstić information content (AvgIpc) is 3.10. The highest BCUT2D eigenvalue weighted by Gasteiger charge is 2.45. The summed E-state index contributed by atoms with van der Waals surface area (Å²) in [6.45, 7) is 13.2. The molecule has 0 saturated heterocycles. The normalized spacial score (nSPS) is 16.7. The smallest absolute Gasteiger partial charge is 0.142 e. The van der Waals surface area contributed by atoms with E-state index in [2.05, 4.69) is 106 Å². The molecule has 1 aliphatic carbocycles. The molecule has 0 radical (unpaired) electrons. The Bertz CT molecular complexity index is 1560. The molecule has 37 heavy (non-hydrogen) atoms. The van der Waals surface area contributed by atoms with Gasteiger partial charge in [-0.3, -0.25) is 0 Å². The molecule has 0 saturated carbocycles. The Morgan fingerprint density at radius 2 is 1.16 bits per heavy atom. The Morgan fingerprint density at radius 1 is 0.649 bits per heavy atom. The fraction of sp³-hybridized carbons (Fsp3) is 0.265. The van der Waals surface area contributed by atoms with Crippen molar-refractivity contribution in [2.75, 3.05) is 0 Å². The number of hydrogen-bond donors (Lipinski definition) is 1. The standard InChI is InChI=1S/C34H32BrNO/c1-32(2,3)23-10-8-22(9-11-23)26-15-12-24(33(4,5)6)18-30(26)34(37)29-17-21(20-36)7-14-27(29)28-16-13-25(35)19-31(28)34/h7-19,37H,1-6H3. The minimum Gasteiger partial charge on any atom is -0.376 e. The molecule has 3 heteroatoms. The summed E-state index contributed by atoms with van der Waals surface area (Å²) in [7, 11) is 0. The van der Waals surface area contributed by atoms with Crippen LogP contribution in [0.4, 0.5) is 0 Å². The van der Waals surface area contributed by atoms with Gasteiger partial charge in [0.2, 0.25) is 0 Å². The van der Waals surface area contributed by atoms with Crippen molar-refractivity contribution in [1.29, 1.82) is 5.26 Å². The average molecular weight is 551 g/mol. The van der Waals surface area contributed by atoms with Crippen LogP contribution in [0, 0.1) is 11.3 Å². The molecule has 0 aliphatic heterocycles. The van der Waals surface area contributed by atoms with Gasteiger partial charge in [-0.25, -0.2) is 0 Å². The highest BCUT2D eigenvalue weighted by molar-refractivity contribution is 9.10. The maximum Gasteiger partial charge on any atom is 0.142 e. The van der Waals surface area contributed by atoms with Gasteiger partial charge in [0, 0.05) is 21.2 Å². The van der Waals surface area contributed by atoms with Gasteiger partial charge in [0.25, 0.3) is 0 Å². The fourth-order valence-corrected chi connectivity index (χ4v) is 5.71. The first-order valence-corrected chi connectivity index (χ1v) is 13.5. The van der Waals surface area contributed by atoms with Crippen LogP contribution in [-0.2, 0) is 16.4 Å². The molecule has 1 atom stereocenters. The van der Waals surface area contributed by atoms with Crippen molar-refractivity contribution in [1.82, 2.24) is 0 Å². The maximum absolute atomic E-state index is 12.9. The number of halogens is 1. The second-order valence-electron chi connectivity index (χ2n) is 12.1. The Labute approximate surface area is 228 Å². The number of hydrogen-bond acceptors (Lipinski definition) is 2. The highest BCUT2D eigenvalue weighted by Crippen LogP contribution is 2.54. The van der Waals surface area contributed by atoms with E-state index in [1.165, 1.54) is 5.56 Å². The van der Waals surface area contributed by atoms with E-state index < -0.39 is 5.60 Å². The number of fused-ring (bicyclic) bond motifs is 3. The first-order valence-electron chi connectivity index (χ1n) is 12.7. The first kappa shape index (κ1) is 25.5. The quantitative estimate of drug-likeness (QED) is 0.271. The van der Waals surface area contributed by atoms with E-state index in [0.29, 0.717) is 5.56 Å². The molecular weight excluding hydrogens is 518 g/mol. The Morgan fingerprint density at radius 3 is 1.76 bits per heavy atom. The second kappa shape index (κ2) is 8.69. The summed E-state index contributed by atoms with van der Waals surface area (Å²) < 4.78 is 0.904. The molecule has 4 aromatic rings. The van der Waals surface area contributed by atoms with Crippen molar-refractivity contribution in [2.24, 2.45) is 0 Å². The van der Waals surface area contributed by atoms with Gasteiger partial charge in [0.15, 0.2) is 0 Å². The van der Waals surface area contributed by atoms with E-state index in [9.17, 15) is 10.4 Å². The molecule has 1 N–H and O–H groups in total. The summed E-state index contributed by atoms with van der Waals surface area (Å²) in [5, 5.41) is 22.6. The van der Waals surface area contributed by atoms with Crippen molar-refractivity contribution in [3.8, 4) is 28.3 Å². The summed E-state index contributed by atoms with van der Waals surface area (Å²) >= 11 is 3.63. The third kappa shape index (κ3) is 4.23. The molecule has 4 aromatic carbocycles. The summed E-state index contributed by atoms with van der Waals surface area (Å²) in [6, 6.07) is 29.1. The summed E-state index contributed by atoms with van der Waals surface area (Å²) in [5.74, 6) is 0. The lowest BCUT2D eigenvalue weighted by molar-refractivity contribution is 0.131. The Kier molecular flexibility index (Phi) is 5.98.